The van der Waals surface area contributed by atoms with Crippen molar-refractivity contribution in [1.82, 2.24) is 24.5 Å². The van der Waals surface area contributed by atoms with Gasteiger partial charge in [0.2, 0.25) is 0 Å². The summed E-state index contributed by atoms with van der Waals surface area (Å²) in [6, 6.07) is 24.8. The van der Waals surface area contributed by atoms with Crippen molar-refractivity contribution in [3.63, 3.8) is 0 Å². The van der Waals surface area contributed by atoms with Gasteiger partial charge in [-0.05, 0) is 49.7 Å². The van der Waals surface area contributed by atoms with Gasteiger partial charge in [0, 0.05) is 17.1 Å². The van der Waals surface area contributed by atoms with Crippen LogP contribution in [-0.4, -0.2) is 49.7 Å². The van der Waals surface area contributed by atoms with E-state index in [-0.39, 0.29) is 35.7 Å². The van der Waals surface area contributed by atoms with Crippen LogP contribution in [0.2, 0.25) is 0 Å². The average molecular weight is 592 g/mol. The standard InChI is InChI=1S/C33H29N5O6/c1-3-43-32(41)28-26(30(39)37(35-28)20-13-7-5-8-14-20)25(23-19-34-24-18-12-11-17-22(23)24)27-29(33(42)44-4-2)36-38(31(27)40)21-15-9-6-10-16-21/h5-19,25,34-36H,3-4H2,1-2H3. The molecular weight excluding hydrogens is 562 g/mol. The number of benzene rings is 3. The Kier molecular flexibility index (Phi) is 7.59. The van der Waals surface area contributed by atoms with E-state index in [0.717, 1.165) is 5.52 Å². The molecule has 0 aliphatic rings. The van der Waals surface area contributed by atoms with Gasteiger partial charge in [-0.1, -0.05) is 54.6 Å². The molecule has 0 radical (unpaired) electrons. The second-order valence-electron chi connectivity index (χ2n) is 9.92. The molecule has 3 heterocycles. The molecule has 0 saturated carbocycles. The molecule has 11 heteroatoms. The van der Waals surface area contributed by atoms with Crippen molar-refractivity contribution < 1.29 is 19.1 Å². The zero-order valence-corrected chi connectivity index (χ0v) is 24.0. The van der Waals surface area contributed by atoms with Gasteiger partial charge in [0.25, 0.3) is 11.1 Å². The molecule has 3 aromatic heterocycles. The second kappa shape index (κ2) is 11.8. The molecule has 0 amide bonds. The van der Waals surface area contributed by atoms with Crippen LogP contribution < -0.4 is 11.1 Å². The first-order valence-electron chi connectivity index (χ1n) is 14.2. The van der Waals surface area contributed by atoms with Gasteiger partial charge in [0.05, 0.1) is 41.6 Å². The largest absolute Gasteiger partial charge is 0.461 e. The van der Waals surface area contributed by atoms with E-state index in [9.17, 15) is 19.2 Å². The summed E-state index contributed by atoms with van der Waals surface area (Å²) in [5, 5.41) is 6.55. The summed E-state index contributed by atoms with van der Waals surface area (Å²) in [5.74, 6) is -2.76. The predicted molar refractivity (Wildman–Crippen MR) is 164 cm³/mol. The zero-order chi connectivity index (χ0) is 30.8. The first-order valence-corrected chi connectivity index (χ1v) is 14.2. The molecule has 11 nitrogen and oxygen atoms in total. The monoisotopic (exact) mass is 591 g/mol. The van der Waals surface area contributed by atoms with Crippen molar-refractivity contribution in [1.29, 1.82) is 0 Å². The first-order chi connectivity index (χ1) is 21.4. The van der Waals surface area contributed by atoms with Crippen LogP contribution in [0.1, 0.15) is 57.4 Å². The number of para-hydroxylation sites is 3. The number of hydrogen-bond acceptors (Lipinski definition) is 6. The number of aromatic amines is 3. The molecule has 0 fully saturated rings. The van der Waals surface area contributed by atoms with E-state index >= 15 is 0 Å². The van der Waals surface area contributed by atoms with Crippen LogP contribution in [0.3, 0.4) is 0 Å². The lowest BCUT2D eigenvalue weighted by Crippen LogP contribution is -2.27. The number of ether oxygens (including phenoxy) is 2. The van der Waals surface area contributed by atoms with Crippen LogP contribution in [0.25, 0.3) is 22.3 Å². The highest BCUT2D eigenvalue weighted by Gasteiger charge is 2.38. The van der Waals surface area contributed by atoms with Crippen LogP contribution >= 0.6 is 0 Å². The van der Waals surface area contributed by atoms with E-state index in [1.165, 1.54) is 9.36 Å². The Hall–Kier alpha value is -5.84. The van der Waals surface area contributed by atoms with Crippen molar-refractivity contribution in [2.24, 2.45) is 0 Å². The second-order valence-corrected chi connectivity index (χ2v) is 9.92. The Balaban J connectivity index is 1.74. The molecule has 0 aliphatic heterocycles. The van der Waals surface area contributed by atoms with E-state index in [0.29, 0.717) is 22.3 Å². The minimum absolute atomic E-state index is 0.0492. The van der Waals surface area contributed by atoms with Gasteiger partial charge in [-0.2, -0.15) is 0 Å². The molecular formula is C33H29N5O6. The number of aromatic nitrogens is 5. The molecule has 0 bridgehead atoms. The third-order valence-electron chi connectivity index (χ3n) is 7.35. The number of nitrogens with zero attached hydrogens (tertiary/aromatic N) is 2. The van der Waals surface area contributed by atoms with E-state index < -0.39 is 29.0 Å². The molecule has 44 heavy (non-hydrogen) atoms. The predicted octanol–water partition coefficient (Wildman–Crippen LogP) is 4.66. The van der Waals surface area contributed by atoms with Gasteiger partial charge >= 0.3 is 11.9 Å². The fourth-order valence-electron chi connectivity index (χ4n) is 5.46. The maximum Gasteiger partial charge on any atom is 0.356 e. The van der Waals surface area contributed by atoms with Crippen molar-refractivity contribution in [2.75, 3.05) is 13.2 Å². The summed E-state index contributed by atoms with van der Waals surface area (Å²) < 4.78 is 13.2. The van der Waals surface area contributed by atoms with Crippen LogP contribution in [0.15, 0.2) is 101 Å². The van der Waals surface area contributed by atoms with E-state index in [1.807, 2.05) is 24.3 Å². The van der Waals surface area contributed by atoms with Crippen molar-refractivity contribution in [3.05, 3.63) is 140 Å². The van der Waals surface area contributed by atoms with Crippen LogP contribution in [0.4, 0.5) is 0 Å². The molecule has 0 aliphatic carbocycles. The molecule has 3 N–H and O–H groups in total. The summed E-state index contributed by atoms with van der Waals surface area (Å²) in [4.78, 5) is 59.0. The molecule has 6 rings (SSSR count). The first kappa shape index (κ1) is 28.3. The van der Waals surface area contributed by atoms with Crippen LogP contribution in [0, 0.1) is 0 Å². The zero-order valence-electron chi connectivity index (χ0n) is 24.0. The Morgan fingerprint density at radius 3 is 1.61 bits per heavy atom. The number of hydrogen-bond donors (Lipinski definition) is 3. The Morgan fingerprint density at radius 2 is 1.14 bits per heavy atom. The smallest absolute Gasteiger partial charge is 0.356 e. The van der Waals surface area contributed by atoms with Crippen LogP contribution in [0.5, 0.6) is 0 Å². The normalized spacial score (nSPS) is 11.2. The van der Waals surface area contributed by atoms with E-state index in [2.05, 4.69) is 15.2 Å². The molecule has 6 aromatic rings. The Bertz CT molecular complexity index is 1970. The number of carbonyl (C=O) groups is 2. The molecule has 0 saturated heterocycles. The van der Waals surface area contributed by atoms with Gasteiger partial charge in [-0.15, -0.1) is 0 Å². The average Bonchev–Trinajstić information content (AvgIpc) is 3.73. The van der Waals surface area contributed by atoms with Crippen molar-refractivity contribution >= 4 is 22.8 Å². The lowest BCUT2D eigenvalue weighted by atomic mass is 9.84. The minimum atomic E-state index is -1.20. The Labute approximate surface area is 250 Å². The minimum Gasteiger partial charge on any atom is -0.461 e. The molecule has 0 unspecified atom stereocenters. The maximum atomic E-state index is 14.4. The lowest BCUT2D eigenvalue weighted by molar-refractivity contribution is 0.0510. The fraction of sp³-hybridized carbons (Fsp3) is 0.152. The van der Waals surface area contributed by atoms with Gasteiger partial charge < -0.3 is 14.5 Å². The van der Waals surface area contributed by atoms with E-state index in [4.69, 9.17) is 9.47 Å². The molecule has 0 spiro atoms. The topological polar surface area (TPSA) is 144 Å². The Morgan fingerprint density at radius 1 is 0.682 bits per heavy atom. The number of esters is 2. The summed E-state index contributed by atoms with van der Waals surface area (Å²) >= 11 is 0. The number of nitrogens with one attached hydrogen (secondary N) is 3. The van der Waals surface area contributed by atoms with Gasteiger partial charge in [-0.3, -0.25) is 19.8 Å². The third-order valence-corrected chi connectivity index (χ3v) is 7.35. The van der Waals surface area contributed by atoms with Gasteiger partial charge in [-0.25, -0.2) is 19.0 Å². The van der Waals surface area contributed by atoms with E-state index in [1.54, 1.807) is 80.7 Å². The molecule has 222 valence electrons. The quantitative estimate of drug-likeness (QED) is 0.209. The number of carbonyl (C=O) groups excluding carboxylic acids is 2. The third kappa shape index (κ3) is 4.83. The number of H-pyrrole nitrogens is 3. The van der Waals surface area contributed by atoms with Gasteiger partial charge in [0.15, 0.2) is 11.4 Å². The summed E-state index contributed by atoms with van der Waals surface area (Å²) in [5.41, 5.74) is 0.604. The summed E-state index contributed by atoms with van der Waals surface area (Å²) in [7, 11) is 0. The summed E-state index contributed by atoms with van der Waals surface area (Å²) in [6.45, 7) is 3.41. The van der Waals surface area contributed by atoms with Crippen molar-refractivity contribution in [3.8, 4) is 11.4 Å². The van der Waals surface area contributed by atoms with Crippen molar-refractivity contribution in [2.45, 2.75) is 19.8 Å². The fourth-order valence-corrected chi connectivity index (χ4v) is 5.46. The van der Waals surface area contributed by atoms with Gasteiger partial charge in [0.1, 0.15) is 0 Å². The molecule has 3 aromatic carbocycles. The number of rotatable bonds is 9. The number of fused-ring (bicyclic) bond motifs is 1. The highest BCUT2D eigenvalue weighted by molar-refractivity contribution is 5.93. The highest BCUT2D eigenvalue weighted by Crippen LogP contribution is 2.37. The maximum absolute atomic E-state index is 14.4. The van der Waals surface area contributed by atoms with Crippen LogP contribution in [-0.2, 0) is 9.47 Å². The lowest BCUT2D eigenvalue weighted by Gasteiger charge is -2.16. The summed E-state index contributed by atoms with van der Waals surface area (Å²) in [6.07, 6.45) is 1.68. The SMILES string of the molecule is CCOC(=O)c1[nH]n(-c2ccccc2)c(=O)c1C(c1c(C(=O)OCC)[nH]n(-c2ccccc2)c1=O)c1c[nH]c2ccccc12. The molecule has 0 atom stereocenters. The highest BCUT2D eigenvalue weighted by atomic mass is 16.5.